The lowest BCUT2D eigenvalue weighted by molar-refractivity contribution is -0.159. The van der Waals surface area contributed by atoms with Crippen LogP contribution in [0.3, 0.4) is 0 Å². The van der Waals surface area contributed by atoms with Crippen LogP contribution in [-0.2, 0) is 4.74 Å². The molecule has 1 aliphatic rings. The average Bonchev–Trinajstić information content (AvgIpc) is 2.02. The zero-order chi connectivity index (χ0) is 9.90. The first-order valence-electron chi connectivity index (χ1n) is 4.37. The number of hydrogen-bond acceptors (Lipinski definition) is 2. The molecule has 78 valence electrons. The maximum atomic E-state index is 12.1. The second-order valence-electron chi connectivity index (χ2n) is 3.44. The van der Waals surface area contributed by atoms with Crippen LogP contribution in [0.4, 0.5) is 13.2 Å². The molecule has 0 spiro atoms. The highest BCUT2D eigenvalue weighted by Crippen LogP contribution is 2.32. The van der Waals surface area contributed by atoms with Gasteiger partial charge in [0, 0.05) is 13.0 Å². The molecule has 0 aromatic carbocycles. The van der Waals surface area contributed by atoms with E-state index in [4.69, 9.17) is 10.5 Å². The van der Waals surface area contributed by atoms with Gasteiger partial charge in [-0.3, -0.25) is 0 Å². The highest BCUT2D eigenvalue weighted by atomic mass is 19.4. The quantitative estimate of drug-likeness (QED) is 0.729. The molecule has 1 saturated heterocycles. The Hall–Kier alpha value is -0.290. The van der Waals surface area contributed by atoms with Crippen molar-refractivity contribution in [2.24, 2.45) is 17.6 Å². The van der Waals surface area contributed by atoms with Gasteiger partial charge >= 0.3 is 6.18 Å². The van der Waals surface area contributed by atoms with Crippen LogP contribution in [0.15, 0.2) is 0 Å². The number of alkyl halides is 3. The highest BCUT2D eigenvalue weighted by Gasteiger charge is 2.36. The third-order valence-electron chi connectivity index (χ3n) is 2.43. The molecule has 1 heterocycles. The van der Waals surface area contributed by atoms with Gasteiger partial charge in [0.05, 0.1) is 6.61 Å². The molecular weight excluding hydrogens is 183 g/mol. The number of hydrogen-bond donors (Lipinski definition) is 1. The van der Waals surface area contributed by atoms with Crippen molar-refractivity contribution in [1.82, 2.24) is 0 Å². The van der Waals surface area contributed by atoms with E-state index in [9.17, 15) is 13.2 Å². The number of ether oxygens (including phenoxy) is 1. The van der Waals surface area contributed by atoms with Crippen LogP contribution in [0, 0.1) is 11.8 Å². The largest absolute Gasteiger partial charge is 0.389 e. The van der Waals surface area contributed by atoms with Crippen molar-refractivity contribution in [3.8, 4) is 0 Å². The van der Waals surface area contributed by atoms with Crippen LogP contribution in [0.1, 0.15) is 12.8 Å². The van der Waals surface area contributed by atoms with Crippen molar-refractivity contribution in [1.29, 1.82) is 0 Å². The van der Waals surface area contributed by atoms with E-state index in [2.05, 4.69) is 0 Å². The van der Waals surface area contributed by atoms with Gasteiger partial charge < -0.3 is 10.5 Å². The lowest BCUT2D eigenvalue weighted by Crippen LogP contribution is -2.35. The summed E-state index contributed by atoms with van der Waals surface area (Å²) in [5, 5.41) is 0. The standard InChI is InChI=1S/C8H14F3NO/c9-8(10,11)3-7-5-13-2-1-6(7)4-12/h6-7H,1-5,12H2. The summed E-state index contributed by atoms with van der Waals surface area (Å²) >= 11 is 0. The van der Waals surface area contributed by atoms with Gasteiger partial charge in [0.15, 0.2) is 0 Å². The van der Waals surface area contributed by atoms with Gasteiger partial charge in [-0.2, -0.15) is 13.2 Å². The smallest absolute Gasteiger partial charge is 0.381 e. The Morgan fingerprint density at radius 1 is 1.31 bits per heavy atom. The monoisotopic (exact) mass is 197 g/mol. The Balaban J connectivity index is 2.45. The molecule has 0 aromatic rings. The summed E-state index contributed by atoms with van der Waals surface area (Å²) in [6.45, 7) is 1.06. The van der Waals surface area contributed by atoms with Gasteiger partial charge in [0.25, 0.3) is 0 Å². The predicted molar refractivity (Wildman–Crippen MR) is 42.1 cm³/mol. The molecule has 1 rings (SSSR count). The normalized spacial score (nSPS) is 30.5. The molecule has 1 aliphatic heterocycles. The molecule has 2 nitrogen and oxygen atoms in total. The van der Waals surface area contributed by atoms with Crippen LogP contribution in [0.2, 0.25) is 0 Å². The van der Waals surface area contributed by atoms with E-state index in [0.29, 0.717) is 19.6 Å². The second kappa shape index (κ2) is 4.28. The Kier molecular flexibility index (Phi) is 3.55. The first-order chi connectivity index (χ1) is 6.03. The number of halogens is 3. The molecule has 13 heavy (non-hydrogen) atoms. The Morgan fingerprint density at radius 3 is 2.54 bits per heavy atom. The van der Waals surface area contributed by atoms with Crippen LogP contribution >= 0.6 is 0 Å². The lowest BCUT2D eigenvalue weighted by atomic mass is 9.86. The fraction of sp³-hybridized carbons (Fsp3) is 1.00. The van der Waals surface area contributed by atoms with Crippen LogP contribution in [-0.4, -0.2) is 25.9 Å². The van der Waals surface area contributed by atoms with Crippen molar-refractivity contribution in [2.75, 3.05) is 19.8 Å². The highest BCUT2D eigenvalue weighted by molar-refractivity contribution is 4.76. The molecule has 0 bridgehead atoms. The third kappa shape index (κ3) is 3.52. The first-order valence-corrected chi connectivity index (χ1v) is 4.37. The minimum atomic E-state index is -4.10. The van der Waals surface area contributed by atoms with E-state index < -0.39 is 18.5 Å². The Labute approximate surface area is 75.2 Å². The van der Waals surface area contributed by atoms with E-state index in [1.54, 1.807) is 0 Å². The third-order valence-corrected chi connectivity index (χ3v) is 2.43. The van der Waals surface area contributed by atoms with Crippen molar-refractivity contribution < 1.29 is 17.9 Å². The van der Waals surface area contributed by atoms with Gasteiger partial charge in [-0.1, -0.05) is 0 Å². The van der Waals surface area contributed by atoms with Gasteiger partial charge in [-0.05, 0) is 24.8 Å². The molecule has 1 fully saturated rings. The lowest BCUT2D eigenvalue weighted by Gasteiger charge is -2.31. The zero-order valence-electron chi connectivity index (χ0n) is 7.31. The molecule has 0 amide bonds. The summed E-state index contributed by atoms with van der Waals surface area (Å²) < 4.78 is 41.2. The fourth-order valence-electron chi connectivity index (χ4n) is 1.67. The molecule has 0 aromatic heterocycles. The summed E-state index contributed by atoms with van der Waals surface area (Å²) in [4.78, 5) is 0. The molecule has 0 radical (unpaired) electrons. The number of nitrogens with two attached hydrogens (primary N) is 1. The van der Waals surface area contributed by atoms with Crippen molar-refractivity contribution in [3.05, 3.63) is 0 Å². The van der Waals surface area contributed by atoms with E-state index in [-0.39, 0.29) is 12.5 Å². The van der Waals surface area contributed by atoms with Gasteiger partial charge in [0.1, 0.15) is 0 Å². The van der Waals surface area contributed by atoms with Gasteiger partial charge in [0.2, 0.25) is 0 Å². The molecular formula is C8H14F3NO. The van der Waals surface area contributed by atoms with Gasteiger partial charge in [-0.25, -0.2) is 0 Å². The van der Waals surface area contributed by atoms with Crippen molar-refractivity contribution in [3.63, 3.8) is 0 Å². The molecule has 2 unspecified atom stereocenters. The molecule has 2 atom stereocenters. The summed E-state index contributed by atoms with van der Waals surface area (Å²) in [6, 6.07) is 0. The van der Waals surface area contributed by atoms with Crippen molar-refractivity contribution in [2.45, 2.75) is 19.0 Å². The van der Waals surface area contributed by atoms with Crippen LogP contribution in [0.5, 0.6) is 0 Å². The topological polar surface area (TPSA) is 35.2 Å². The first kappa shape index (κ1) is 10.8. The minimum Gasteiger partial charge on any atom is -0.381 e. The van der Waals surface area contributed by atoms with Gasteiger partial charge in [-0.15, -0.1) is 0 Å². The molecule has 0 aliphatic carbocycles. The SMILES string of the molecule is NCC1CCOCC1CC(F)(F)F. The molecule has 2 N–H and O–H groups in total. The Morgan fingerprint density at radius 2 is 2.00 bits per heavy atom. The summed E-state index contributed by atoms with van der Waals surface area (Å²) in [6.07, 6.45) is -4.22. The number of rotatable bonds is 2. The zero-order valence-corrected chi connectivity index (χ0v) is 7.31. The summed E-state index contributed by atoms with van der Waals surface area (Å²) in [7, 11) is 0. The second-order valence-corrected chi connectivity index (χ2v) is 3.44. The van der Waals surface area contributed by atoms with E-state index in [0.717, 1.165) is 0 Å². The van der Waals surface area contributed by atoms with Crippen molar-refractivity contribution >= 4 is 0 Å². The molecule has 5 heteroatoms. The molecule has 0 saturated carbocycles. The summed E-state index contributed by atoms with van der Waals surface area (Å²) in [5.41, 5.74) is 5.39. The predicted octanol–water partition coefficient (Wildman–Crippen LogP) is 1.55. The van der Waals surface area contributed by atoms with Crippen LogP contribution < -0.4 is 5.73 Å². The van der Waals surface area contributed by atoms with E-state index in [1.807, 2.05) is 0 Å². The summed E-state index contributed by atoms with van der Waals surface area (Å²) in [5.74, 6) is -0.478. The Bertz CT molecular complexity index is 160. The van der Waals surface area contributed by atoms with E-state index in [1.165, 1.54) is 0 Å². The fourth-order valence-corrected chi connectivity index (χ4v) is 1.67. The average molecular weight is 197 g/mol. The van der Waals surface area contributed by atoms with E-state index >= 15 is 0 Å². The maximum absolute atomic E-state index is 12.1. The van der Waals surface area contributed by atoms with Crippen LogP contribution in [0.25, 0.3) is 0 Å². The maximum Gasteiger partial charge on any atom is 0.389 e. The minimum absolute atomic E-state index is 0.0321.